The van der Waals surface area contributed by atoms with Gasteiger partial charge in [-0.05, 0) is 11.6 Å². The topological polar surface area (TPSA) is 75.1 Å². The predicted octanol–water partition coefficient (Wildman–Crippen LogP) is 1.02. The van der Waals surface area contributed by atoms with Crippen molar-refractivity contribution in [3.8, 4) is 0 Å². The van der Waals surface area contributed by atoms with Crippen molar-refractivity contribution in [3.05, 3.63) is 36.2 Å². The van der Waals surface area contributed by atoms with Crippen molar-refractivity contribution in [2.75, 3.05) is 13.1 Å². The molecule has 0 radical (unpaired) electrons. The summed E-state index contributed by atoms with van der Waals surface area (Å²) in [6.45, 7) is 1.18. The van der Waals surface area contributed by atoms with Crippen LogP contribution >= 0.6 is 0 Å². The Balaban J connectivity index is 2.11. The third-order valence-electron chi connectivity index (χ3n) is 3.46. The second-order valence-electron chi connectivity index (χ2n) is 4.48. The van der Waals surface area contributed by atoms with Crippen molar-refractivity contribution >= 4 is 17.0 Å². The quantitative estimate of drug-likeness (QED) is 0.823. The summed E-state index contributed by atoms with van der Waals surface area (Å²) in [5, 5.41) is 12.4. The number of aliphatic carboxylic acids is 1. The van der Waals surface area contributed by atoms with E-state index < -0.39 is 11.9 Å². The van der Waals surface area contributed by atoms with Gasteiger partial charge in [0, 0.05) is 31.4 Å². The maximum atomic E-state index is 11.2. The summed E-state index contributed by atoms with van der Waals surface area (Å²) in [4.78, 5) is 19.8. The molecule has 5 heteroatoms. The van der Waals surface area contributed by atoms with Gasteiger partial charge >= 0.3 is 5.97 Å². The molecule has 2 heterocycles. The SMILES string of the molecule is O=C(O)C1CNCC1c1cccc2nccnc12. The van der Waals surface area contributed by atoms with Crippen molar-refractivity contribution in [1.29, 1.82) is 0 Å². The summed E-state index contributed by atoms with van der Waals surface area (Å²) in [5.74, 6) is -1.19. The van der Waals surface area contributed by atoms with E-state index in [1.54, 1.807) is 12.4 Å². The molecule has 0 aliphatic carbocycles. The Morgan fingerprint density at radius 2 is 2.11 bits per heavy atom. The van der Waals surface area contributed by atoms with E-state index in [-0.39, 0.29) is 5.92 Å². The largest absolute Gasteiger partial charge is 0.481 e. The number of rotatable bonds is 2. The molecule has 1 aliphatic rings. The Bertz CT molecular complexity index is 594. The first kappa shape index (κ1) is 11.1. The van der Waals surface area contributed by atoms with E-state index in [1.807, 2.05) is 18.2 Å². The fourth-order valence-corrected chi connectivity index (χ4v) is 2.58. The molecule has 18 heavy (non-hydrogen) atoms. The van der Waals surface area contributed by atoms with Crippen LogP contribution in [-0.2, 0) is 4.79 Å². The number of benzene rings is 1. The molecule has 5 nitrogen and oxygen atoms in total. The maximum Gasteiger partial charge on any atom is 0.308 e. The molecule has 2 aromatic rings. The van der Waals surface area contributed by atoms with Crippen LogP contribution in [0, 0.1) is 5.92 Å². The minimum absolute atomic E-state index is 0.0390. The Morgan fingerprint density at radius 1 is 1.28 bits per heavy atom. The molecule has 3 rings (SSSR count). The van der Waals surface area contributed by atoms with Gasteiger partial charge in [-0.3, -0.25) is 14.8 Å². The zero-order valence-electron chi connectivity index (χ0n) is 9.71. The number of nitrogens with one attached hydrogen (secondary N) is 1. The van der Waals surface area contributed by atoms with Crippen LogP contribution in [-0.4, -0.2) is 34.1 Å². The zero-order chi connectivity index (χ0) is 12.5. The fourth-order valence-electron chi connectivity index (χ4n) is 2.58. The van der Waals surface area contributed by atoms with Crippen molar-refractivity contribution in [1.82, 2.24) is 15.3 Å². The third-order valence-corrected chi connectivity index (χ3v) is 3.46. The van der Waals surface area contributed by atoms with Crippen LogP contribution in [0.1, 0.15) is 11.5 Å². The van der Waals surface area contributed by atoms with Crippen LogP contribution < -0.4 is 5.32 Å². The summed E-state index contributed by atoms with van der Waals surface area (Å²) >= 11 is 0. The van der Waals surface area contributed by atoms with Gasteiger partial charge in [0.25, 0.3) is 0 Å². The molecule has 1 aromatic carbocycles. The lowest BCUT2D eigenvalue weighted by Crippen LogP contribution is -2.21. The van der Waals surface area contributed by atoms with Crippen LogP contribution in [0.25, 0.3) is 11.0 Å². The lowest BCUT2D eigenvalue weighted by atomic mass is 9.88. The van der Waals surface area contributed by atoms with Gasteiger partial charge in [0.1, 0.15) is 0 Å². The summed E-state index contributed by atoms with van der Waals surface area (Å²) in [6, 6.07) is 5.75. The van der Waals surface area contributed by atoms with Gasteiger partial charge in [0.2, 0.25) is 0 Å². The third kappa shape index (κ3) is 1.73. The number of carbonyl (C=O) groups is 1. The number of fused-ring (bicyclic) bond motifs is 1. The molecule has 2 unspecified atom stereocenters. The highest BCUT2D eigenvalue weighted by atomic mass is 16.4. The number of nitrogens with zero attached hydrogens (tertiary/aromatic N) is 2. The van der Waals surface area contributed by atoms with E-state index in [0.29, 0.717) is 13.1 Å². The molecule has 1 saturated heterocycles. The molecule has 1 fully saturated rings. The van der Waals surface area contributed by atoms with Crippen LogP contribution in [0.4, 0.5) is 0 Å². The molecule has 0 spiro atoms. The van der Waals surface area contributed by atoms with Gasteiger partial charge in [-0.15, -0.1) is 0 Å². The van der Waals surface area contributed by atoms with Gasteiger partial charge < -0.3 is 10.4 Å². The zero-order valence-corrected chi connectivity index (χ0v) is 9.71. The first-order valence-corrected chi connectivity index (χ1v) is 5.90. The smallest absolute Gasteiger partial charge is 0.308 e. The minimum atomic E-state index is -0.758. The first-order valence-electron chi connectivity index (χ1n) is 5.90. The molecule has 2 atom stereocenters. The summed E-state index contributed by atoms with van der Waals surface area (Å²) in [7, 11) is 0. The highest BCUT2D eigenvalue weighted by Crippen LogP contribution is 2.31. The van der Waals surface area contributed by atoms with Crippen molar-refractivity contribution < 1.29 is 9.90 Å². The highest BCUT2D eigenvalue weighted by Gasteiger charge is 2.34. The maximum absolute atomic E-state index is 11.2. The molecule has 92 valence electrons. The Hall–Kier alpha value is -2.01. The Morgan fingerprint density at radius 3 is 2.94 bits per heavy atom. The van der Waals surface area contributed by atoms with Crippen LogP contribution in [0.2, 0.25) is 0 Å². The van der Waals surface area contributed by atoms with E-state index in [9.17, 15) is 9.90 Å². The molecule has 0 bridgehead atoms. The van der Waals surface area contributed by atoms with E-state index in [1.165, 1.54) is 0 Å². The first-order chi connectivity index (χ1) is 8.77. The Labute approximate surface area is 104 Å². The predicted molar refractivity (Wildman–Crippen MR) is 66.3 cm³/mol. The average Bonchev–Trinajstić information content (AvgIpc) is 2.87. The number of hydrogen-bond donors (Lipinski definition) is 2. The summed E-state index contributed by atoms with van der Waals surface area (Å²) < 4.78 is 0. The van der Waals surface area contributed by atoms with Crippen LogP contribution in [0.3, 0.4) is 0 Å². The minimum Gasteiger partial charge on any atom is -0.481 e. The van der Waals surface area contributed by atoms with Crippen LogP contribution in [0.15, 0.2) is 30.6 Å². The normalized spacial score (nSPS) is 23.3. The van der Waals surface area contributed by atoms with Gasteiger partial charge in [-0.2, -0.15) is 0 Å². The number of carboxylic acids is 1. The molecule has 1 aromatic heterocycles. The molecule has 2 N–H and O–H groups in total. The van der Waals surface area contributed by atoms with E-state index >= 15 is 0 Å². The molecule has 0 amide bonds. The van der Waals surface area contributed by atoms with Gasteiger partial charge in [-0.25, -0.2) is 0 Å². The Kier molecular flexibility index (Phi) is 2.68. The van der Waals surface area contributed by atoms with Crippen LogP contribution in [0.5, 0.6) is 0 Å². The molecule has 0 saturated carbocycles. The second-order valence-corrected chi connectivity index (χ2v) is 4.48. The van der Waals surface area contributed by atoms with Crippen molar-refractivity contribution in [3.63, 3.8) is 0 Å². The van der Waals surface area contributed by atoms with E-state index in [0.717, 1.165) is 16.6 Å². The number of aromatic nitrogens is 2. The van der Waals surface area contributed by atoms with Gasteiger partial charge in [-0.1, -0.05) is 12.1 Å². The summed E-state index contributed by atoms with van der Waals surface area (Å²) in [5.41, 5.74) is 2.59. The van der Waals surface area contributed by atoms with Gasteiger partial charge in [0.15, 0.2) is 0 Å². The van der Waals surface area contributed by atoms with E-state index in [2.05, 4.69) is 15.3 Å². The number of para-hydroxylation sites is 1. The molecular weight excluding hydrogens is 230 g/mol. The standard InChI is InChI=1S/C13H13N3O2/c17-13(18)10-7-14-6-9(10)8-2-1-3-11-12(8)16-5-4-15-11/h1-5,9-10,14H,6-7H2,(H,17,18). The van der Waals surface area contributed by atoms with Gasteiger partial charge in [0.05, 0.1) is 17.0 Å². The fraction of sp³-hybridized carbons (Fsp3) is 0.308. The van der Waals surface area contributed by atoms with Crippen molar-refractivity contribution in [2.24, 2.45) is 5.92 Å². The lowest BCUT2D eigenvalue weighted by Gasteiger charge is -2.16. The molecular formula is C13H13N3O2. The average molecular weight is 243 g/mol. The monoisotopic (exact) mass is 243 g/mol. The van der Waals surface area contributed by atoms with Crippen molar-refractivity contribution in [2.45, 2.75) is 5.92 Å². The van der Waals surface area contributed by atoms with E-state index in [4.69, 9.17) is 0 Å². The highest BCUT2D eigenvalue weighted by molar-refractivity contribution is 5.80. The molecule has 1 aliphatic heterocycles. The second kappa shape index (κ2) is 4.34. The summed E-state index contributed by atoms with van der Waals surface area (Å²) in [6.07, 6.45) is 3.29. The number of hydrogen-bond acceptors (Lipinski definition) is 4. The number of carboxylic acid groups (broad SMARTS) is 1. The lowest BCUT2D eigenvalue weighted by molar-refractivity contribution is -0.141.